The number of aromatic hydroxyl groups is 1. The molecule has 6 aromatic heterocycles. The van der Waals surface area contributed by atoms with Crippen molar-refractivity contribution in [3.05, 3.63) is 122 Å². The van der Waals surface area contributed by atoms with E-state index < -0.39 is 0 Å². The highest BCUT2D eigenvalue weighted by Crippen LogP contribution is 2.37. The summed E-state index contributed by atoms with van der Waals surface area (Å²) in [5, 5.41) is 11.9. The monoisotopic (exact) mass is 950 g/mol. The van der Waals surface area contributed by atoms with E-state index in [-0.39, 0.29) is 26.3 Å². The number of hydrogen-bond acceptors (Lipinski definition) is 12. The molecule has 17 heteroatoms. The number of benzene rings is 2. The van der Waals surface area contributed by atoms with Gasteiger partial charge < -0.3 is 28.2 Å². The Labute approximate surface area is 345 Å². The first-order valence-corrected chi connectivity index (χ1v) is 18.5. The summed E-state index contributed by atoms with van der Waals surface area (Å²) in [6, 6.07) is 17.8. The molecule has 0 saturated heterocycles. The lowest BCUT2D eigenvalue weighted by molar-refractivity contribution is 0.409. The van der Waals surface area contributed by atoms with E-state index in [1.54, 1.807) is 87.1 Å². The Hall–Kier alpha value is -4.89. The van der Waals surface area contributed by atoms with Crippen LogP contribution < -0.4 is 14.2 Å². The van der Waals surface area contributed by atoms with E-state index in [0.29, 0.717) is 45.8 Å². The number of aromatic nitrogens is 6. The first kappa shape index (κ1) is 42.9. The van der Waals surface area contributed by atoms with E-state index in [1.807, 2.05) is 38.1 Å². The number of halogens is 3. The van der Waals surface area contributed by atoms with Gasteiger partial charge in [-0.2, -0.15) is 9.90 Å². The maximum atomic E-state index is 10.3. The van der Waals surface area contributed by atoms with Crippen LogP contribution in [0.2, 0.25) is 0 Å². The number of fused-ring (bicyclic) bond motifs is 2. The van der Waals surface area contributed by atoms with Gasteiger partial charge in [-0.25, -0.2) is 9.97 Å². The van der Waals surface area contributed by atoms with Crippen molar-refractivity contribution in [3.8, 4) is 57.3 Å². The molecule has 12 nitrogen and oxygen atoms in total. The smallest absolute Gasteiger partial charge is 0.369 e. The predicted octanol–water partition coefficient (Wildman–Crippen LogP) is 11.3. The van der Waals surface area contributed by atoms with Gasteiger partial charge in [0.1, 0.15) is 34.2 Å². The van der Waals surface area contributed by atoms with Gasteiger partial charge >= 0.3 is 3.18 Å². The van der Waals surface area contributed by atoms with E-state index >= 15 is 0 Å². The molecule has 0 bridgehead atoms. The lowest BCUT2D eigenvalue weighted by atomic mass is 10.1. The molecule has 0 spiro atoms. The van der Waals surface area contributed by atoms with Crippen LogP contribution in [-0.2, 0) is 0 Å². The number of pyridine rings is 2. The van der Waals surface area contributed by atoms with Crippen LogP contribution in [0.25, 0.3) is 44.5 Å². The van der Waals surface area contributed by atoms with E-state index in [4.69, 9.17) is 23.0 Å². The van der Waals surface area contributed by atoms with Gasteiger partial charge in [0.2, 0.25) is 11.8 Å². The molecule has 8 rings (SSSR count). The second-order valence-electron chi connectivity index (χ2n) is 10.9. The Balaban J connectivity index is 0.000000216. The van der Waals surface area contributed by atoms with Crippen LogP contribution in [0.4, 0.5) is 0 Å². The third-order valence-electron chi connectivity index (χ3n) is 7.53. The van der Waals surface area contributed by atoms with Crippen molar-refractivity contribution in [2.75, 3.05) is 7.11 Å². The molecule has 1 N–H and O–H groups in total. The summed E-state index contributed by atoms with van der Waals surface area (Å²) in [6.07, 6.45) is 13.0. The van der Waals surface area contributed by atoms with E-state index in [1.165, 1.54) is 6.07 Å². The summed E-state index contributed by atoms with van der Waals surface area (Å²) in [5.41, 5.74) is 5.86. The second kappa shape index (κ2) is 20.2. The summed E-state index contributed by atoms with van der Waals surface area (Å²) >= 11 is 9.31. The summed E-state index contributed by atoms with van der Waals surface area (Å²) in [4.78, 5) is 25.6. The number of furan rings is 2. The molecule has 8 aromatic rings. The maximum absolute atomic E-state index is 10.3. The SMILES string of the molecule is BrB(Br)Br.C.COc1cc(Oc2nccc3occc23)ccc1-c1nccnc1C.Cc1nccnc1-c1ccc(Oc2nccc3occc23)cc1O.P. The molecule has 6 heterocycles. The van der Waals surface area contributed by atoms with Crippen LogP contribution >= 0.6 is 57.2 Å². The first-order valence-electron chi connectivity index (χ1n) is 15.7. The van der Waals surface area contributed by atoms with Crippen LogP contribution in [0, 0.1) is 13.8 Å². The minimum Gasteiger partial charge on any atom is -0.507 e. The molecule has 0 aliphatic heterocycles. The van der Waals surface area contributed by atoms with Crippen LogP contribution in [0.3, 0.4) is 0 Å². The van der Waals surface area contributed by atoms with Crippen molar-refractivity contribution < 1.29 is 28.2 Å². The summed E-state index contributed by atoms with van der Waals surface area (Å²) in [6.45, 7) is 3.76. The van der Waals surface area contributed by atoms with Crippen LogP contribution in [0.15, 0.2) is 119 Å². The summed E-state index contributed by atoms with van der Waals surface area (Å²) in [5.74, 6) is 2.71. The third-order valence-corrected chi connectivity index (χ3v) is 7.53. The highest BCUT2D eigenvalue weighted by molar-refractivity contribution is 9.69. The number of rotatable bonds is 7. The summed E-state index contributed by atoms with van der Waals surface area (Å²) < 4.78 is 28.2. The molecule has 1 unspecified atom stereocenters. The quantitative estimate of drug-likeness (QED) is 0.120. The topological polar surface area (TPSA) is 152 Å². The summed E-state index contributed by atoms with van der Waals surface area (Å²) in [7, 11) is 1.61. The molecule has 282 valence electrons. The number of ether oxygens (including phenoxy) is 3. The largest absolute Gasteiger partial charge is 0.507 e. The fourth-order valence-electron chi connectivity index (χ4n) is 5.17. The number of phenols is 1. The molecule has 0 fully saturated rings. The van der Waals surface area contributed by atoms with Crippen molar-refractivity contribution >= 4 is 82.3 Å². The minimum atomic E-state index is 0. The van der Waals surface area contributed by atoms with E-state index in [0.717, 1.165) is 39.0 Å². The highest BCUT2D eigenvalue weighted by atomic mass is 79.9. The van der Waals surface area contributed by atoms with Crippen LogP contribution in [-0.4, -0.2) is 45.3 Å². The van der Waals surface area contributed by atoms with Gasteiger partial charge in [-0.1, -0.05) is 7.43 Å². The lowest BCUT2D eigenvalue weighted by Gasteiger charge is -2.12. The van der Waals surface area contributed by atoms with Crippen molar-refractivity contribution in [1.29, 1.82) is 0 Å². The second-order valence-corrected chi connectivity index (χ2v) is 17.3. The zero-order valence-corrected chi connectivity index (χ0v) is 35.2. The Bertz CT molecular complexity index is 2490. The Kier molecular flexibility index (Phi) is 15.7. The average Bonchev–Trinajstić information content (AvgIpc) is 3.84. The Morgan fingerprint density at radius 3 is 1.53 bits per heavy atom. The van der Waals surface area contributed by atoms with Crippen molar-refractivity contribution in [2.24, 2.45) is 0 Å². The number of nitrogens with zero attached hydrogens (tertiary/aromatic N) is 6. The average molecular weight is 953 g/mol. The van der Waals surface area contributed by atoms with Crippen molar-refractivity contribution in [3.63, 3.8) is 0 Å². The van der Waals surface area contributed by atoms with E-state index in [2.05, 4.69) is 77.2 Å². The Morgan fingerprint density at radius 1 is 0.600 bits per heavy atom. The molecule has 0 aliphatic carbocycles. The van der Waals surface area contributed by atoms with Gasteiger partial charge in [0.05, 0.1) is 53.2 Å². The molecule has 0 amide bonds. The number of methoxy groups -OCH3 is 1. The fourth-order valence-corrected chi connectivity index (χ4v) is 5.17. The van der Waals surface area contributed by atoms with E-state index in [9.17, 15) is 5.11 Å². The molecule has 0 aliphatic rings. The van der Waals surface area contributed by atoms with Gasteiger partial charge in [0.25, 0.3) is 0 Å². The van der Waals surface area contributed by atoms with Gasteiger partial charge in [-0.15, -0.1) is 47.3 Å². The van der Waals surface area contributed by atoms with Gasteiger partial charge in [-0.3, -0.25) is 19.9 Å². The van der Waals surface area contributed by atoms with Crippen molar-refractivity contribution in [2.45, 2.75) is 21.3 Å². The zero-order chi connectivity index (χ0) is 37.3. The maximum Gasteiger partial charge on any atom is 0.369 e. The molecule has 1 atom stereocenters. The molecular formula is C38H35BBr3N6O6P. The number of hydrogen-bond donors (Lipinski definition) is 1. The van der Waals surface area contributed by atoms with Gasteiger partial charge in [-0.05, 0) is 62.4 Å². The van der Waals surface area contributed by atoms with Crippen LogP contribution in [0.5, 0.6) is 34.8 Å². The molecule has 0 radical (unpaired) electrons. The number of aryl methyl sites for hydroxylation is 2. The molecule has 55 heavy (non-hydrogen) atoms. The zero-order valence-electron chi connectivity index (χ0n) is 29.0. The number of phenolic OH excluding ortho intramolecular Hbond substituents is 1. The standard InChI is InChI=1S/C19H15N3O3.C18H13N3O3.CH4.BBr3.H3P/c1-12-18(21-9-8-20-12)14-4-3-13(11-17(14)23-2)25-19-15-6-10-24-16(15)5-7-22-19;1-11-17(20-8-7-19-11)13-3-2-12(10-15(13)22)24-18-14-5-9-23-16(14)4-6-21-18;;2-1(3)4;/h3-11H,1-2H3;2-10,22H,1H3;1H4;;1H3. The third kappa shape index (κ3) is 10.7. The van der Waals surface area contributed by atoms with Crippen molar-refractivity contribution in [1.82, 2.24) is 29.9 Å². The minimum absolute atomic E-state index is 0. The molecule has 0 saturated carbocycles. The van der Waals surface area contributed by atoms with Gasteiger partial charge in [0.15, 0.2) is 0 Å². The molecular weight excluding hydrogens is 918 g/mol. The predicted molar refractivity (Wildman–Crippen MR) is 231 cm³/mol. The first-order chi connectivity index (χ1) is 25.7. The normalized spacial score (nSPS) is 10.1. The highest BCUT2D eigenvalue weighted by Gasteiger charge is 2.15. The van der Waals surface area contributed by atoms with Crippen LogP contribution in [0.1, 0.15) is 18.8 Å². The van der Waals surface area contributed by atoms with Gasteiger partial charge in [0, 0.05) is 60.4 Å². The Morgan fingerprint density at radius 2 is 1.05 bits per heavy atom. The molecule has 2 aromatic carbocycles. The fraction of sp³-hybridized carbons (Fsp3) is 0.105. The lowest BCUT2D eigenvalue weighted by Crippen LogP contribution is -1.95.